The van der Waals surface area contributed by atoms with Crippen LogP contribution in [0.15, 0.2) is 0 Å². The van der Waals surface area contributed by atoms with Crippen LogP contribution in [0.4, 0.5) is 0 Å². The molecule has 0 unspecified atom stereocenters. The number of hydrogen-bond acceptors (Lipinski definition) is 3. The number of aliphatic hydroxyl groups is 1. The first-order chi connectivity index (χ1) is 6.15. The van der Waals surface area contributed by atoms with Gasteiger partial charge in [-0.2, -0.15) is 0 Å². The predicted molar refractivity (Wildman–Crippen MR) is 47.7 cm³/mol. The Morgan fingerprint density at radius 3 is 2.85 bits per heavy atom. The van der Waals surface area contributed by atoms with Gasteiger partial charge in [-0.05, 0) is 26.2 Å². The van der Waals surface area contributed by atoms with Gasteiger partial charge in [-0.3, -0.25) is 4.79 Å². The number of esters is 1. The molecular formula is C10H13O3. The first-order valence-electron chi connectivity index (χ1n) is 4.17. The topological polar surface area (TPSA) is 46.5 Å². The highest BCUT2D eigenvalue weighted by atomic mass is 16.5. The molecule has 0 saturated heterocycles. The number of rotatable bonds is 3. The van der Waals surface area contributed by atoms with Gasteiger partial charge >= 0.3 is 5.97 Å². The van der Waals surface area contributed by atoms with Crippen molar-refractivity contribution < 1.29 is 14.6 Å². The largest absolute Gasteiger partial charge is 0.462 e. The fourth-order valence-corrected chi connectivity index (χ4v) is 1.32. The Morgan fingerprint density at radius 2 is 2.31 bits per heavy atom. The lowest BCUT2D eigenvalue weighted by atomic mass is 9.92. The van der Waals surface area contributed by atoms with Crippen molar-refractivity contribution in [2.75, 3.05) is 6.61 Å². The molecular weight excluding hydrogens is 168 g/mol. The summed E-state index contributed by atoms with van der Waals surface area (Å²) in [7, 11) is 0. The van der Waals surface area contributed by atoms with Gasteiger partial charge < -0.3 is 9.84 Å². The summed E-state index contributed by atoms with van der Waals surface area (Å²) < 4.78 is 4.99. The first kappa shape index (κ1) is 10.5. The van der Waals surface area contributed by atoms with E-state index in [0.29, 0.717) is 0 Å². The SMILES string of the molecule is CC(=O)O[C@@H](C)[C]1[CH][CH][CH][C]1CO. The van der Waals surface area contributed by atoms with Crippen molar-refractivity contribution in [3.63, 3.8) is 0 Å². The predicted octanol–water partition coefficient (Wildman–Crippen LogP) is 0.706. The number of carbonyl (C=O) groups excluding carboxylic acids is 1. The molecule has 1 rings (SSSR count). The molecule has 3 heteroatoms. The molecule has 1 aliphatic rings. The number of hydrogen-bond donors (Lipinski definition) is 1. The van der Waals surface area contributed by atoms with Gasteiger partial charge in [-0.25, -0.2) is 0 Å². The maximum atomic E-state index is 10.7. The molecule has 13 heavy (non-hydrogen) atoms. The molecule has 0 aliphatic heterocycles. The summed E-state index contributed by atoms with van der Waals surface area (Å²) in [5, 5.41) is 8.95. The van der Waals surface area contributed by atoms with Gasteiger partial charge in [0.05, 0.1) is 6.61 Å². The summed E-state index contributed by atoms with van der Waals surface area (Å²) in [6, 6.07) is 0. The fraction of sp³-hybridized carbons (Fsp3) is 0.400. The lowest BCUT2D eigenvalue weighted by Gasteiger charge is -2.22. The number of aliphatic hydroxyl groups excluding tert-OH is 1. The van der Waals surface area contributed by atoms with E-state index in [0.717, 1.165) is 11.8 Å². The molecule has 0 heterocycles. The Balaban J connectivity index is 2.44. The molecule has 0 aromatic carbocycles. The normalized spacial score (nSPS) is 21.8. The van der Waals surface area contributed by atoms with Gasteiger partial charge in [0.15, 0.2) is 0 Å². The van der Waals surface area contributed by atoms with Gasteiger partial charge in [-0.15, -0.1) is 0 Å². The molecule has 1 saturated carbocycles. The average molecular weight is 181 g/mol. The van der Waals surface area contributed by atoms with E-state index in [1.807, 2.05) is 19.3 Å². The third-order valence-corrected chi connectivity index (χ3v) is 1.90. The summed E-state index contributed by atoms with van der Waals surface area (Å²) >= 11 is 0. The zero-order valence-electron chi connectivity index (χ0n) is 7.78. The lowest BCUT2D eigenvalue weighted by molar-refractivity contribution is -0.144. The third-order valence-electron chi connectivity index (χ3n) is 1.90. The van der Waals surface area contributed by atoms with Gasteiger partial charge in [-0.1, -0.05) is 0 Å². The summed E-state index contributed by atoms with van der Waals surface area (Å²) in [4.78, 5) is 10.7. The molecule has 0 spiro atoms. The molecule has 0 aromatic heterocycles. The van der Waals surface area contributed by atoms with Crippen LogP contribution in [-0.4, -0.2) is 23.8 Å². The highest BCUT2D eigenvalue weighted by Gasteiger charge is 2.34. The van der Waals surface area contributed by atoms with Crippen LogP contribution in [0.2, 0.25) is 0 Å². The van der Waals surface area contributed by atoms with Crippen molar-refractivity contribution in [1.82, 2.24) is 0 Å². The van der Waals surface area contributed by atoms with E-state index in [2.05, 4.69) is 0 Å². The van der Waals surface area contributed by atoms with Crippen LogP contribution in [0.1, 0.15) is 13.8 Å². The molecule has 3 nitrogen and oxygen atoms in total. The minimum absolute atomic E-state index is 0.0199. The molecule has 1 aliphatic carbocycles. The summed E-state index contributed by atoms with van der Waals surface area (Å²) in [6.07, 6.45) is 5.21. The molecule has 1 atom stereocenters. The standard InChI is InChI=1S/C10H13O3/c1-7(13-8(2)12)10-5-3-4-9(10)6-11/h3-5,7,11H,6H2,1-2H3/t7-/m0/s1. The maximum Gasteiger partial charge on any atom is 0.302 e. The molecule has 0 bridgehead atoms. The van der Waals surface area contributed by atoms with E-state index in [1.54, 1.807) is 6.92 Å². The van der Waals surface area contributed by atoms with E-state index < -0.39 is 0 Å². The Labute approximate surface area is 79.1 Å². The molecule has 71 valence electrons. The van der Waals surface area contributed by atoms with Crippen molar-refractivity contribution in [3.8, 4) is 0 Å². The quantitative estimate of drug-likeness (QED) is 0.652. The van der Waals surface area contributed by atoms with Crippen molar-refractivity contribution in [1.29, 1.82) is 0 Å². The Kier molecular flexibility index (Phi) is 3.72. The second-order valence-corrected chi connectivity index (χ2v) is 2.92. The van der Waals surface area contributed by atoms with E-state index in [1.165, 1.54) is 6.92 Å². The lowest BCUT2D eigenvalue weighted by Crippen LogP contribution is -2.25. The Morgan fingerprint density at radius 1 is 1.62 bits per heavy atom. The van der Waals surface area contributed by atoms with Gasteiger partial charge in [0, 0.05) is 18.8 Å². The van der Waals surface area contributed by atoms with E-state index >= 15 is 0 Å². The van der Waals surface area contributed by atoms with Crippen molar-refractivity contribution in [3.05, 3.63) is 31.1 Å². The van der Waals surface area contributed by atoms with Crippen LogP contribution in [0.25, 0.3) is 0 Å². The molecule has 0 amide bonds. The summed E-state index contributed by atoms with van der Waals surface area (Å²) in [5.74, 6) is 1.38. The zero-order valence-corrected chi connectivity index (χ0v) is 7.78. The Hall–Kier alpha value is -0.570. The van der Waals surface area contributed by atoms with Crippen LogP contribution in [0.5, 0.6) is 0 Å². The van der Waals surface area contributed by atoms with Crippen molar-refractivity contribution in [2.45, 2.75) is 20.0 Å². The maximum absolute atomic E-state index is 10.7. The number of ether oxygens (including phenoxy) is 1. The van der Waals surface area contributed by atoms with Crippen LogP contribution < -0.4 is 0 Å². The third kappa shape index (κ3) is 2.69. The second kappa shape index (κ2) is 4.61. The van der Waals surface area contributed by atoms with Gasteiger partial charge in [0.2, 0.25) is 0 Å². The van der Waals surface area contributed by atoms with Crippen molar-refractivity contribution in [2.24, 2.45) is 0 Å². The van der Waals surface area contributed by atoms with Crippen molar-refractivity contribution >= 4 is 5.97 Å². The summed E-state index contributed by atoms with van der Waals surface area (Å²) in [6.45, 7) is 3.14. The number of carbonyl (C=O) groups is 1. The molecule has 0 aromatic rings. The minimum atomic E-state index is -0.308. The van der Waals surface area contributed by atoms with E-state index in [4.69, 9.17) is 9.84 Å². The van der Waals surface area contributed by atoms with Crippen LogP contribution in [0.3, 0.4) is 0 Å². The molecule has 1 fully saturated rings. The van der Waals surface area contributed by atoms with E-state index in [-0.39, 0.29) is 18.7 Å². The van der Waals surface area contributed by atoms with Gasteiger partial charge in [0.25, 0.3) is 0 Å². The first-order valence-corrected chi connectivity index (χ1v) is 4.17. The monoisotopic (exact) mass is 181 g/mol. The Bertz CT molecular complexity index is 179. The fourth-order valence-electron chi connectivity index (χ4n) is 1.32. The smallest absolute Gasteiger partial charge is 0.302 e. The van der Waals surface area contributed by atoms with Crippen LogP contribution >= 0.6 is 0 Å². The molecule has 5 radical (unpaired) electrons. The second-order valence-electron chi connectivity index (χ2n) is 2.92. The highest BCUT2D eigenvalue weighted by Crippen LogP contribution is 2.36. The van der Waals surface area contributed by atoms with Gasteiger partial charge in [0.1, 0.15) is 6.10 Å². The summed E-state index contributed by atoms with van der Waals surface area (Å²) in [5.41, 5.74) is 0. The zero-order chi connectivity index (χ0) is 9.84. The minimum Gasteiger partial charge on any atom is -0.462 e. The van der Waals surface area contributed by atoms with Crippen LogP contribution in [0, 0.1) is 31.1 Å². The highest BCUT2D eigenvalue weighted by molar-refractivity contribution is 5.66. The van der Waals surface area contributed by atoms with Crippen LogP contribution in [-0.2, 0) is 9.53 Å². The molecule has 1 N–H and O–H groups in total. The van der Waals surface area contributed by atoms with E-state index in [9.17, 15) is 4.79 Å². The average Bonchev–Trinajstić information content (AvgIpc) is 2.49.